The molecule has 3 aromatic carbocycles. The second kappa shape index (κ2) is 16.3. The molecule has 2 aliphatic heterocycles. The molecule has 3 N–H and O–H groups in total. The predicted octanol–water partition coefficient (Wildman–Crippen LogP) is 6.45. The summed E-state index contributed by atoms with van der Waals surface area (Å²) in [6, 6.07) is 24.4. The molecule has 2 saturated heterocycles. The van der Waals surface area contributed by atoms with Gasteiger partial charge in [0.05, 0.1) is 24.4 Å². The van der Waals surface area contributed by atoms with Crippen LogP contribution in [-0.2, 0) is 32.2 Å². The van der Waals surface area contributed by atoms with Crippen LogP contribution in [0.2, 0.25) is 0 Å². The maximum absolute atomic E-state index is 13.1. The molecule has 4 aromatic rings. The van der Waals surface area contributed by atoms with Crippen LogP contribution in [0.15, 0.2) is 96.2 Å². The molecule has 2 amide bonds. The van der Waals surface area contributed by atoms with Crippen molar-refractivity contribution in [2.45, 2.75) is 68.2 Å². The molecule has 4 atom stereocenters. The number of carbonyl (C=O) groups excluding carboxylic acids is 2. The summed E-state index contributed by atoms with van der Waals surface area (Å²) in [6.07, 6.45) is -4.01. The Hall–Kier alpha value is -4.76. The lowest BCUT2D eigenvalue weighted by atomic mass is 9.99. The van der Waals surface area contributed by atoms with Crippen LogP contribution in [0.4, 0.5) is 13.2 Å². The number of hydrogen-bond acceptors (Lipinski definition) is 8. The molecule has 52 heavy (non-hydrogen) atoms. The van der Waals surface area contributed by atoms with Gasteiger partial charge in [0, 0.05) is 37.0 Å². The molecule has 0 bridgehead atoms. The number of nitrogens with zero attached hydrogens (tertiary/aromatic N) is 2. The van der Waals surface area contributed by atoms with Crippen molar-refractivity contribution in [1.29, 1.82) is 0 Å². The molecule has 10 nitrogen and oxygen atoms in total. The second-order valence-electron chi connectivity index (χ2n) is 12.5. The Balaban J connectivity index is 1.18. The number of ether oxygens (including phenoxy) is 2. The number of thioether (sulfide) groups is 1. The fraction of sp³-hybridized carbons (Fsp3) is 0.316. The van der Waals surface area contributed by atoms with Crippen molar-refractivity contribution in [3.05, 3.63) is 119 Å². The smallest absolute Gasteiger partial charge is 0.471 e. The quantitative estimate of drug-likeness (QED) is 0.149. The molecule has 272 valence electrons. The Kier molecular flexibility index (Phi) is 11.6. The molecule has 14 heteroatoms. The summed E-state index contributed by atoms with van der Waals surface area (Å²) in [5.41, 5.74) is 4.88. The minimum absolute atomic E-state index is 0.0573. The molecule has 4 unspecified atom stereocenters. The number of alkyl halides is 3. The van der Waals surface area contributed by atoms with Crippen LogP contribution in [0, 0.1) is 0 Å². The van der Waals surface area contributed by atoms with Crippen LogP contribution in [0.25, 0.3) is 11.1 Å². The first-order chi connectivity index (χ1) is 25.0. The molecule has 3 heterocycles. The summed E-state index contributed by atoms with van der Waals surface area (Å²) in [5.74, 6) is -3.29. The number of hydrogen-bond donors (Lipinski definition) is 3. The van der Waals surface area contributed by atoms with Crippen molar-refractivity contribution < 1.29 is 47.2 Å². The number of carboxylic acid groups (broad SMARTS) is 1. The van der Waals surface area contributed by atoms with Gasteiger partial charge in [-0.1, -0.05) is 60.7 Å². The molecular formula is C38H36F3N3O7S. The van der Waals surface area contributed by atoms with Gasteiger partial charge in [0.1, 0.15) is 11.1 Å². The Morgan fingerprint density at radius 1 is 0.923 bits per heavy atom. The second-order valence-corrected chi connectivity index (χ2v) is 13.5. The molecule has 2 aliphatic rings. The number of aromatic nitrogens is 1. The van der Waals surface area contributed by atoms with E-state index in [4.69, 9.17) is 9.47 Å². The fourth-order valence-corrected chi connectivity index (χ4v) is 7.35. The van der Waals surface area contributed by atoms with Gasteiger partial charge in [-0.25, -0.2) is 9.78 Å². The highest BCUT2D eigenvalue weighted by molar-refractivity contribution is 7.99. The van der Waals surface area contributed by atoms with Crippen LogP contribution in [-0.4, -0.2) is 68.5 Å². The molecule has 0 saturated carbocycles. The van der Waals surface area contributed by atoms with Gasteiger partial charge in [-0.05, 0) is 64.9 Å². The van der Waals surface area contributed by atoms with Gasteiger partial charge in [-0.15, -0.1) is 11.8 Å². The number of carbonyl (C=O) groups is 3. The van der Waals surface area contributed by atoms with E-state index < -0.39 is 36.3 Å². The van der Waals surface area contributed by atoms with E-state index in [0.717, 1.165) is 27.8 Å². The highest BCUT2D eigenvalue weighted by Crippen LogP contribution is 2.40. The first kappa shape index (κ1) is 37.0. The first-order valence-corrected chi connectivity index (χ1v) is 17.6. The van der Waals surface area contributed by atoms with Crippen molar-refractivity contribution in [2.24, 2.45) is 0 Å². The van der Waals surface area contributed by atoms with Crippen molar-refractivity contribution >= 4 is 29.5 Å². The van der Waals surface area contributed by atoms with Gasteiger partial charge in [0.2, 0.25) is 5.91 Å². The summed E-state index contributed by atoms with van der Waals surface area (Å²) in [4.78, 5) is 41.3. The standard InChI is InChI=1S/C38H36F3N3O7S/c39-38(40,41)37(49)44-16-4-10-31(44)33(46)43-20-24-5-1-6-26(17-24)27-7-2-8-28(18-27)36-50-29(22-52-34-30(35(47)48)9-3-15-42-34)19-32(51-36)25-13-11-23(21-45)12-14-25/h1-3,5-9,11-15,17-18,29,31-32,36,45H,4,10,16,19-22H2,(H,43,46)(H,47,48). The van der Waals surface area contributed by atoms with Gasteiger partial charge in [0.25, 0.3) is 0 Å². The van der Waals surface area contributed by atoms with E-state index in [0.29, 0.717) is 34.1 Å². The number of nitrogens with one attached hydrogen (secondary N) is 1. The van der Waals surface area contributed by atoms with E-state index in [1.165, 1.54) is 17.8 Å². The number of aliphatic hydroxyl groups excluding tert-OH is 1. The number of pyridine rings is 1. The minimum atomic E-state index is -5.04. The maximum atomic E-state index is 13.1. The number of aliphatic hydroxyl groups is 1. The molecule has 6 rings (SSSR count). The van der Waals surface area contributed by atoms with E-state index in [1.807, 2.05) is 66.7 Å². The Morgan fingerprint density at radius 3 is 2.40 bits per heavy atom. The van der Waals surface area contributed by atoms with Crippen molar-refractivity contribution in [3.63, 3.8) is 0 Å². The summed E-state index contributed by atoms with van der Waals surface area (Å²) >= 11 is 1.30. The van der Waals surface area contributed by atoms with Crippen LogP contribution in [0.3, 0.4) is 0 Å². The van der Waals surface area contributed by atoms with E-state index in [-0.39, 0.29) is 43.9 Å². The van der Waals surface area contributed by atoms with E-state index in [2.05, 4.69) is 10.3 Å². The summed E-state index contributed by atoms with van der Waals surface area (Å²) in [6.45, 7) is -0.153. The zero-order chi connectivity index (χ0) is 36.8. The van der Waals surface area contributed by atoms with Gasteiger partial charge in [-0.2, -0.15) is 13.2 Å². The maximum Gasteiger partial charge on any atom is 0.471 e. The first-order valence-electron chi connectivity index (χ1n) is 16.7. The van der Waals surface area contributed by atoms with Crippen LogP contribution >= 0.6 is 11.8 Å². The van der Waals surface area contributed by atoms with E-state index in [9.17, 15) is 37.8 Å². The number of rotatable bonds is 11. The third kappa shape index (κ3) is 8.81. The molecule has 0 aliphatic carbocycles. The van der Waals surface area contributed by atoms with Gasteiger partial charge < -0.3 is 29.9 Å². The molecule has 0 spiro atoms. The largest absolute Gasteiger partial charge is 0.478 e. The van der Waals surface area contributed by atoms with Gasteiger partial charge in [-0.3, -0.25) is 9.59 Å². The lowest BCUT2D eigenvalue weighted by Gasteiger charge is -2.36. The highest BCUT2D eigenvalue weighted by Gasteiger charge is 2.47. The average molecular weight is 736 g/mol. The monoisotopic (exact) mass is 735 g/mol. The number of carboxylic acids is 1. The summed E-state index contributed by atoms with van der Waals surface area (Å²) in [7, 11) is 0. The Morgan fingerprint density at radius 2 is 1.67 bits per heavy atom. The lowest BCUT2D eigenvalue weighted by molar-refractivity contribution is -0.245. The van der Waals surface area contributed by atoms with Crippen LogP contribution in [0.1, 0.15) is 64.3 Å². The van der Waals surface area contributed by atoms with Crippen molar-refractivity contribution in [1.82, 2.24) is 15.2 Å². The number of likely N-dealkylation sites (tertiary alicyclic amines) is 1. The van der Waals surface area contributed by atoms with Crippen LogP contribution in [0.5, 0.6) is 0 Å². The van der Waals surface area contributed by atoms with Crippen LogP contribution < -0.4 is 5.32 Å². The third-order valence-corrected chi connectivity index (χ3v) is 10.1. The summed E-state index contributed by atoms with van der Waals surface area (Å²) in [5, 5.41) is 22.2. The topological polar surface area (TPSA) is 138 Å². The number of aromatic carboxylic acids is 1. The van der Waals surface area contributed by atoms with E-state index >= 15 is 0 Å². The fourth-order valence-electron chi connectivity index (χ4n) is 6.34. The number of amides is 2. The SMILES string of the molecule is O=C(O)c1cccnc1SCC1CC(c2ccc(CO)cc2)OC(c2cccc(-c3cccc(CNC(=O)C4CCCN4C(=O)C(F)(F)F)c3)c2)O1. The normalized spacial score (nSPS) is 20.4. The van der Waals surface area contributed by atoms with Crippen molar-refractivity contribution in [2.75, 3.05) is 12.3 Å². The van der Waals surface area contributed by atoms with E-state index in [1.54, 1.807) is 18.3 Å². The third-order valence-electron chi connectivity index (χ3n) is 8.97. The number of benzene rings is 3. The Bertz CT molecular complexity index is 1910. The highest BCUT2D eigenvalue weighted by atomic mass is 32.2. The summed E-state index contributed by atoms with van der Waals surface area (Å²) < 4.78 is 52.1. The molecular weight excluding hydrogens is 699 g/mol. The molecule has 2 fully saturated rings. The molecule has 0 radical (unpaired) electrons. The average Bonchev–Trinajstić information content (AvgIpc) is 3.66. The lowest BCUT2D eigenvalue weighted by Crippen LogP contribution is -2.50. The molecule has 1 aromatic heterocycles. The minimum Gasteiger partial charge on any atom is -0.478 e. The number of halogens is 3. The Labute approximate surface area is 302 Å². The van der Waals surface area contributed by atoms with Gasteiger partial charge >= 0.3 is 18.1 Å². The van der Waals surface area contributed by atoms with Crippen molar-refractivity contribution in [3.8, 4) is 11.1 Å². The van der Waals surface area contributed by atoms with Gasteiger partial charge in [0.15, 0.2) is 6.29 Å². The predicted molar refractivity (Wildman–Crippen MR) is 185 cm³/mol. The zero-order valence-electron chi connectivity index (χ0n) is 27.8. The zero-order valence-corrected chi connectivity index (χ0v) is 28.6.